The Morgan fingerprint density at radius 1 is 1.18 bits per heavy atom. The number of nitrogens with one attached hydrogen (secondary N) is 3. The molecule has 0 bridgehead atoms. The van der Waals surface area contributed by atoms with E-state index in [1.54, 1.807) is 0 Å². The topological polar surface area (TPSA) is 96.3 Å². The summed E-state index contributed by atoms with van der Waals surface area (Å²) in [5.74, 6) is 0. The van der Waals surface area contributed by atoms with Gasteiger partial charge in [0, 0.05) is 30.4 Å². The highest BCUT2D eigenvalue weighted by molar-refractivity contribution is 5.89. The van der Waals surface area contributed by atoms with Crippen LogP contribution < -0.4 is 16.0 Å². The van der Waals surface area contributed by atoms with Crippen LogP contribution in [0.5, 0.6) is 0 Å². The average Bonchev–Trinajstić information content (AvgIpc) is 2.71. The highest BCUT2D eigenvalue weighted by Crippen LogP contribution is 2.23. The molecule has 3 N–H and O–H groups in total. The number of fused-ring (bicyclic) bond motifs is 1. The maximum absolute atomic E-state index is 12.1. The number of nitrogens with zero attached hydrogens (tertiary/aromatic N) is 1. The van der Waals surface area contributed by atoms with Gasteiger partial charge in [-0.3, -0.25) is 10.1 Å². The van der Waals surface area contributed by atoms with Crippen LogP contribution in [0.4, 0.5) is 16.2 Å². The number of hydrogen-bond acceptors (Lipinski definition) is 4. The van der Waals surface area contributed by atoms with Crippen molar-refractivity contribution < 1.29 is 9.72 Å². The third-order valence-electron chi connectivity index (χ3n) is 4.97. The Bertz CT molecular complexity index is 836. The number of hydrogen-bond donors (Lipinski definition) is 3. The number of benzene rings is 2. The minimum atomic E-state index is -0.470. The lowest BCUT2D eigenvalue weighted by Gasteiger charge is -2.26. The average molecular weight is 382 g/mol. The second kappa shape index (κ2) is 9.32. The number of urea groups is 1. The number of nitro benzene ring substituents is 1. The molecule has 28 heavy (non-hydrogen) atoms. The van der Waals surface area contributed by atoms with Crippen LogP contribution in [-0.2, 0) is 19.4 Å². The lowest BCUT2D eigenvalue weighted by molar-refractivity contribution is -0.384. The third kappa shape index (κ3) is 5.29. The summed E-state index contributed by atoms with van der Waals surface area (Å²) in [6.07, 6.45) is 4.41. The number of carbonyl (C=O) groups excluding carboxylic acids is 1. The second-order valence-corrected chi connectivity index (χ2v) is 7.11. The van der Waals surface area contributed by atoms with E-state index in [0.717, 1.165) is 37.8 Å². The lowest BCUT2D eigenvalue weighted by Crippen LogP contribution is -2.35. The highest BCUT2D eigenvalue weighted by atomic mass is 16.6. The molecule has 0 aliphatic heterocycles. The number of anilines is 1. The van der Waals surface area contributed by atoms with E-state index in [4.69, 9.17) is 0 Å². The fourth-order valence-corrected chi connectivity index (χ4v) is 3.47. The zero-order valence-corrected chi connectivity index (χ0v) is 16.0. The van der Waals surface area contributed by atoms with Gasteiger partial charge in [-0.2, -0.15) is 0 Å². The lowest BCUT2D eigenvalue weighted by atomic mass is 9.87. The summed E-state index contributed by atoms with van der Waals surface area (Å²) in [5.41, 5.74) is 4.33. The molecule has 0 fully saturated rings. The summed E-state index contributed by atoms with van der Waals surface area (Å²) in [6.45, 7) is 3.68. The molecule has 7 nitrogen and oxygen atoms in total. The molecular weight excluding hydrogens is 356 g/mol. The summed E-state index contributed by atoms with van der Waals surface area (Å²) < 4.78 is 0. The van der Waals surface area contributed by atoms with Crippen molar-refractivity contribution in [3.8, 4) is 0 Å². The smallest absolute Gasteiger partial charge is 0.319 e. The van der Waals surface area contributed by atoms with Crippen LogP contribution in [0.15, 0.2) is 42.5 Å². The first-order valence-corrected chi connectivity index (χ1v) is 9.68. The zero-order valence-electron chi connectivity index (χ0n) is 16.0. The largest absolute Gasteiger partial charge is 0.334 e. The molecule has 7 heteroatoms. The number of amides is 2. The fourth-order valence-electron chi connectivity index (χ4n) is 3.47. The number of rotatable bonds is 7. The first-order chi connectivity index (χ1) is 13.5. The molecule has 1 atom stereocenters. The Balaban J connectivity index is 1.51. The van der Waals surface area contributed by atoms with Crippen LogP contribution in [0.2, 0.25) is 0 Å². The molecule has 0 spiro atoms. The van der Waals surface area contributed by atoms with Gasteiger partial charge in [-0.15, -0.1) is 0 Å². The number of nitro groups is 1. The summed E-state index contributed by atoms with van der Waals surface area (Å²) >= 11 is 0. The molecule has 148 valence electrons. The van der Waals surface area contributed by atoms with Gasteiger partial charge in [0.15, 0.2) is 0 Å². The molecule has 0 saturated carbocycles. The Morgan fingerprint density at radius 3 is 2.68 bits per heavy atom. The minimum Gasteiger partial charge on any atom is -0.334 e. The van der Waals surface area contributed by atoms with E-state index in [9.17, 15) is 14.9 Å². The molecule has 0 saturated heterocycles. The summed E-state index contributed by atoms with van der Waals surface area (Å²) in [4.78, 5) is 22.3. The maximum Gasteiger partial charge on any atom is 0.319 e. The van der Waals surface area contributed by atoms with Crippen molar-refractivity contribution in [2.45, 2.75) is 45.2 Å². The van der Waals surface area contributed by atoms with Gasteiger partial charge >= 0.3 is 6.03 Å². The molecule has 1 unspecified atom stereocenters. The van der Waals surface area contributed by atoms with Crippen molar-refractivity contribution in [3.05, 3.63) is 69.3 Å². The van der Waals surface area contributed by atoms with Gasteiger partial charge in [-0.1, -0.05) is 25.1 Å². The third-order valence-corrected chi connectivity index (χ3v) is 4.97. The van der Waals surface area contributed by atoms with E-state index in [1.807, 2.05) is 0 Å². The van der Waals surface area contributed by atoms with Crippen molar-refractivity contribution in [2.24, 2.45) is 0 Å². The van der Waals surface area contributed by atoms with E-state index in [-0.39, 0.29) is 11.7 Å². The highest BCUT2D eigenvalue weighted by Gasteiger charge is 2.18. The van der Waals surface area contributed by atoms with Gasteiger partial charge in [-0.25, -0.2) is 4.79 Å². The van der Waals surface area contributed by atoms with Crippen molar-refractivity contribution in [1.29, 1.82) is 0 Å². The SMILES string of the molecule is CCCNC1CCc2cc(CNC(=O)Nc3ccc([N+](=O)[O-])cc3)ccc2C1. The van der Waals surface area contributed by atoms with Gasteiger partial charge in [0.25, 0.3) is 5.69 Å². The molecule has 3 rings (SSSR count). The van der Waals surface area contributed by atoms with Crippen LogP contribution in [0.25, 0.3) is 0 Å². The van der Waals surface area contributed by atoms with Crippen molar-refractivity contribution in [3.63, 3.8) is 0 Å². The van der Waals surface area contributed by atoms with Crippen molar-refractivity contribution in [2.75, 3.05) is 11.9 Å². The Hall–Kier alpha value is -2.93. The molecular formula is C21H26N4O3. The van der Waals surface area contributed by atoms with Gasteiger partial charge in [-0.05, 0) is 61.1 Å². The van der Waals surface area contributed by atoms with E-state index < -0.39 is 4.92 Å². The first kappa shape index (κ1) is 19.8. The van der Waals surface area contributed by atoms with Gasteiger partial charge in [0.2, 0.25) is 0 Å². The summed E-state index contributed by atoms with van der Waals surface area (Å²) in [7, 11) is 0. The Labute approximate surface area is 164 Å². The molecule has 1 aliphatic carbocycles. The zero-order chi connectivity index (χ0) is 19.9. The molecule has 2 amide bonds. The predicted octanol–water partition coefficient (Wildman–Crippen LogP) is 3.77. The molecule has 2 aromatic rings. The van der Waals surface area contributed by atoms with Crippen LogP contribution >= 0.6 is 0 Å². The quantitative estimate of drug-likeness (QED) is 0.502. The number of carbonyl (C=O) groups is 1. The van der Waals surface area contributed by atoms with Crippen LogP contribution in [-0.4, -0.2) is 23.5 Å². The molecule has 0 aromatic heterocycles. The maximum atomic E-state index is 12.1. The first-order valence-electron chi connectivity index (χ1n) is 9.68. The van der Waals surface area contributed by atoms with E-state index in [1.165, 1.54) is 35.4 Å². The molecule has 0 heterocycles. The van der Waals surface area contributed by atoms with Crippen molar-refractivity contribution in [1.82, 2.24) is 10.6 Å². The Morgan fingerprint density at radius 2 is 1.96 bits per heavy atom. The fraction of sp³-hybridized carbons (Fsp3) is 0.381. The van der Waals surface area contributed by atoms with E-state index >= 15 is 0 Å². The number of aryl methyl sites for hydroxylation is 1. The van der Waals surface area contributed by atoms with Crippen LogP contribution in [0, 0.1) is 10.1 Å². The van der Waals surface area contributed by atoms with Crippen molar-refractivity contribution >= 4 is 17.4 Å². The predicted molar refractivity (Wildman–Crippen MR) is 110 cm³/mol. The van der Waals surface area contributed by atoms with Crippen LogP contribution in [0.3, 0.4) is 0 Å². The van der Waals surface area contributed by atoms with E-state index in [0.29, 0.717) is 18.3 Å². The van der Waals surface area contributed by atoms with Gasteiger partial charge in [0.1, 0.15) is 0 Å². The van der Waals surface area contributed by atoms with Gasteiger partial charge in [0.05, 0.1) is 4.92 Å². The molecule has 0 radical (unpaired) electrons. The summed E-state index contributed by atoms with van der Waals surface area (Å²) in [5, 5.41) is 19.8. The van der Waals surface area contributed by atoms with Crippen LogP contribution in [0.1, 0.15) is 36.5 Å². The summed E-state index contributed by atoms with van der Waals surface area (Å²) in [6, 6.07) is 12.4. The normalized spacial score (nSPS) is 15.5. The number of non-ortho nitro benzene ring substituents is 1. The van der Waals surface area contributed by atoms with E-state index in [2.05, 4.69) is 41.1 Å². The Kier molecular flexibility index (Phi) is 6.60. The van der Waals surface area contributed by atoms with Gasteiger partial charge < -0.3 is 16.0 Å². The second-order valence-electron chi connectivity index (χ2n) is 7.11. The monoisotopic (exact) mass is 382 g/mol. The standard InChI is InChI=1S/C21H26N4O3/c1-2-11-22-19-6-5-16-12-15(3-4-17(16)13-19)14-23-21(26)24-18-7-9-20(10-8-18)25(27)28/h3-4,7-10,12,19,22H,2,5-6,11,13-14H2,1H3,(H2,23,24,26). The minimum absolute atomic E-state index is 0.00727. The molecule has 1 aliphatic rings. The molecule has 2 aromatic carbocycles.